The van der Waals surface area contributed by atoms with E-state index in [1.165, 1.54) is 18.4 Å². The van der Waals surface area contributed by atoms with Crippen LogP contribution < -0.4 is 5.32 Å². The molecule has 94 valence electrons. The van der Waals surface area contributed by atoms with E-state index in [-0.39, 0.29) is 0 Å². The van der Waals surface area contributed by atoms with Crippen molar-refractivity contribution in [3.63, 3.8) is 0 Å². The van der Waals surface area contributed by atoms with E-state index in [1.54, 1.807) is 12.4 Å². The highest BCUT2D eigenvalue weighted by molar-refractivity contribution is 7.15. The van der Waals surface area contributed by atoms with E-state index >= 15 is 0 Å². The maximum absolute atomic E-state index is 11.4. The highest BCUT2D eigenvalue weighted by atomic mass is 32.1. The van der Waals surface area contributed by atoms with Gasteiger partial charge in [0.25, 0.3) is 0 Å². The summed E-state index contributed by atoms with van der Waals surface area (Å²) < 4.78 is 4.66. The van der Waals surface area contributed by atoms with Gasteiger partial charge in [0.05, 0.1) is 7.11 Å². The minimum Gasteiger partial charge on any atom is -0.464 e. The minimum atomic E-state index is -0.402. The first kappa shape index (κ1) is 12.5. The molecule has 0 amide bonds. The molecule has 2 aromatic rings. The second-order valence-electron chi connectivity index (χ2n) is 3.62. The summed E-state index contributed by atoms with van der Waals surface area (Å²) in [6, 6.07) is 3.85. The lowest BCUT2D eigenvalue weighted by Gasteiger charge is -2.01. The highest BCUT2D eigenvalue weighted by Crippen LogP contribution is 2.23. The number of aryl methyl sites for hydroxylation is 1. The third-order valence-electron chi connectivity index (χ3n) is 2.37. The van der Waals surface area contributed by atoms with E-state index < -0.39 is 5.97 Å². The van der Waals surface area contributed by atoms with Gasteiger partial charge in [-0.2, -0.15) is 0 Å². The summed E-state index contributed by atoms with van der Waals surface area (Å²) in [5.41, 5.74) is 1.48. The van der Waals surface area contributed by atoms with Crippen LogP contribution in [-0.2, 0) is 11.3 Å². The van der Waals surface area contributed by atoms with Gasteiger partial charge >= 0.3 is 5.97 Å². The van der Waals surface area contributed by atoms with Gasteiger partial charge in [0.15, 0.2) is 10.8 Å². The summed E-state index contributed by atoms with van der Waals surface area (Å²) in [7, 11) is 1.35. The second kappa shape index (κ2) is 5.59. The fraction of sp³-hybridized carbons (Fsp3) is 0.250. The van der Waals surface area contributed by atoms with Crippen molar-refractivity contribution in [2.24, 2.45) is 0 Å². The smallest absolute Gasteiger partial charge is 0.357 e. The Morgan fingerprint density at radius 2 is 2.17 bits per heavy atom. The molecule has 0 saturated carbocycles. The maximum atomic E-state index is 11.4. The number of nitrogens with zero attached hydrogens (tertiary/aromatic N) is 2. The molecular weight excluding hydrogens is 250 g/mol. The molecule has 2 rings (SSSR count). The fourth-order valence-electron chi connectivity index (χ4n) is 1.44. The number of carbonyl (C=O) groups is 1. The Kier molecular flexibility index (Phi) is 3.88. The summed E-state index contributed by atoms with van der Waals surface area (Å²) in [5, 5.41) is 3.89. The van der Waals surface area contributed by atoms with Crippen LogP contribution in [0.25, 0.3) is 0 Å². The molecule has 0 spiro atoms. The van der Waals surface area contributed by atoms with Crippen molar-refractivity contribution in [1.29, 1.82) is 0 Å². The van der Waals surface area contributed by atoms with Crippen LogP contribution >= 0.6 is 11.3 Å². The molecule has 0 aliphatic rings. The third kappa shape index (κ3) is 2.84. The Hall–Kier alpha value is -1.95. The van der Waals surface area contributed by atoms with Crippen molar-refractivity contribution < 1.29 is 9.53 Å². The number of rotatable bonds is 4. The number of carbonyl (C=O) groups excluding carboxylic acids is 1. The van der Waals surface area contributed by atoms with Crippen molar-refractivity contribution in [2.75, 3.05) is 12.4 Å². The number of anilines is 1. The molecule has 1 N–H and O–H groups in total. The number of pyridine rings is 1. The zero-order valence-corrected chi connectivity index (χ0v) is 11.0. The van der Waals surface area contributed by atoms with Gasteiger partial charge in [0.1, 0.15) is 0 Å². The molecule has 0 aromatic carbocycles. The van der Waals surface area contributed by atoms with Gasteiger partial charge in [-0.1, -0.05) is 0 Å². The number of hydrogen-bond donors (Lipinski definition) is 1. The van der Waals surface area contributed by atoms with Gasteiger partial charge in [-0.15, -0.1) is 11.3 Å². The second-order valence-corrected chi connectivity index (χ2v) is 4.83. The van der Waals surface area contributed by atoms with Crippen LogP contribution in [0.1, 0.15) is 20.9 Å². The van der Waals surface area contributed by atoms with Crippen molar-refractivity contribution in [1.82, 2.24) is 9.97 Å². The summed E-state index contributed by atoms with van der Waals surface area (Å²) in [6.07, 6.45) is 3.48. The van der Waals surface area contributed by atoms with E-state index in [0.717, 1.165) is 10.4 Å². The largest absolute Gasteiger partial charge is 0.464 e. The average Bonchev–Trinajstić information content (AvgIpc) is 2.78. The Morgan fingerprint density at radius 1 is 1.44 bits per heavy atom. The van der Waals surface area contributed by atoms with E-state index in [0.29, 0.717) is 17.4 Å². The van der Waals surface area contributed by atoms with E-state index in [9.17, 15) is 4.79 Å². The molecule has 0 saturated heterocycles. The van der Waals surface area contributed by atoms with Crippen LogP contribution in [0.4, 0.5) is 5.13 Å². The average molecular weight is 263 g/mol. The van der Waals surface area contributed by atoms with Crippen LogP contribution in [0.2, 0.25) is 0 Å². The van der Waals surface area contributed by atoms with Gasteiger partial charge in [-0.3, -0.25) is 4.98 Å². The summed E-state index contributed by atoms with van der Waals surface area (Å²) >= 11 is 1.44. The fourth-order valence-corrected chi connectivity index (χ4v) is 2.23. The van der Waals surface area contributed by atoms with Crippen LogP contribution in [0.3, 0.4) is 0 Å². The normalized spacial score (nSPS) is 10.1. The number of thiazole rings is 1. The molecule has 18 heavy (non-hydrogen) atoms. The molecule has 0 atom stereocenters. The van der Waals surface area contributed by atoms with Crippen LogP contribution in [0.5, 0.6) is 0 Å². The molecule has 0 bridgehead atoms. The molecular formula is C12H13N3O2S. The Labute approximate surface area is 109 Å². The number of aromatic nitrogens is 2. The molecule has 0 aliphatic carbocycles. The first-order valence-corrected chi connectivity index (χ1v) is 6.21. The van der Waals surface area contributed by atoms with E-state index in [2.05, 4.69) is 20.0 Å². The number of nitrogens with one attached hydrogen (secondary N) is 1. The zero-order valence-electron chi connectivity index (χ0n) is 10.1. The highest BCUT2D eigenvalue weighted by Gasteiger charge is 2.15. The molecule has 5 nitrogen and oxygen atoms in total. The molecule has 0 radical (unpaired) electrons. The molecule has 2 heterocycles. The van der Waals surface area contributed by atoms with Crippen molar-refractivity contribution in [2.45, 2.75) is 13.5 Å². The Balaban J connectivity index is 2.05. The van der Waals surface area contributed by atoms with Crippen LogP contribution in [-0.4, -0.2) is 23.0 Å². The summed E-state index contributed by atoms with van der Waals surface area (Å²) in [6.45, 7) is 2.50. The third-order valence-corrected chi connectivity index (χ3v) is 3.30. The zero-order chi connectivity index (χ0) is 13.0. The monoisotopic (exact) mass is 263 g/mol. The molecule has 6 heteroatoms. The summed E-state index contributed by atoms with van der Waals surface area (Å²) in [5.74, 6) is -0.402. The molecule has 0 unspecified atom stereocenters. The van der Waals surface area contributed by atoms with Gasteiger partial charge < -0.3 is 10.1 Å². The van der Waals surface area contributed by atoms with Crippen LogP contribution in [0.15, 0.2) is 24.5 Å². The lowest BCUT2D eigenvalue weighted by Crippen LogP contribution is -2.04. The number of ether oxygens (including phenoxy) is 1. The lowest BCUT2D eigenvalue weighted by molar-refractivity contribution is 0.0594. The first-order valence-electron chi connectivity index (χ1n) is 5.39. The Morgan fingerprint density at radius 3 is 2.83 bits per heavy atom. The predicted octanol–water partition coefficient (Wildman–Crippen LogP) is 2.25. The maximum Gasteiger partial charge on any atom is 0.357 e. The van der Waals surface area contributed by atoms with Gasteiger partial charge in [-0.05, 0) is 24.6 Å². The van der Waals surface area contributed by atoms with E-state index in [4.69, 9.17) is 0 Å². The summed E-state index contributed by atoms with van der Waals surface area (Å²) in [4.78, 5) is 20.4. The van der Waals surface area contributed by atoms with Crippen molar-refractivity contribution in [3.05, 3.63) is 40.7 Å². The molecule has 0 aliphatic heterocycles. The predicted molar refractivity (Wildman–Crippen MR) is 69.8 cm³/mol. The van der Waals surface area contributed by atoms with E-state index in [1.807, 2.05) is 19.1 Å². The van der Waals surface area contributed by atoms with Crippen LogP contribution in [0, 0.1) is 6.92 Å². The number of hydrogen-bond acceptors (Lipinski definition) is 6. The first-order chi connectivity index (χ1) is 8.70. The topological polar surface area (TPSA) is 64.1 Å². The number of esters is 1. The van der Waals surface area contributed by atoms with Gasteiger partial charge in [-0.25, -0.2) is 9.78 Å². The molecule has 2 aromatic heterocycles. The number of methoxy groups -OCH3 is 1. The Bertz CT molecular complexity index is 540. The quantitative estimate of drug-likeness (QED) is 0.857. The lowest BCUT2D eigenvalue weighted by atomic mass is 10.3. The standard InChI is InChI=1S/C12H13N3O2S/c1-8-10(11(16)17-2)15-12(18-8)14-7-9-3-5-13-6-4-9/h3-6H,7H2,1-2H3,(H,14,15). The minimum absolute atomic E-state index is 0.375. The van der Waals surface area contributed by atoms with Crippen molar-refractivity contribution >= 4 is 22.4 Å². The molecule has 0 fully saturated rings. The van der Waals surface area contributed by atoms with Crippen molar-refractivity contribution in [3.8, 4) is 0 Å². The SMILES string of the molecule is COC(=O)c1nc(NCc2ccncc2)sc1C. The van der Waals surface area contributed by atoms with Gasteiger partial charge in [0.2, 0.25) is 0 Å². The van der Waals surface area contributed by atoms with Gasteiger partial charge in [0, 0.05) is 23.8 Å².